The number of fused-ring (bicyclic) bond motifs is 1. The fourth-order valence-corrected chi connectivity index (χ4v) is 5.66. The van der Waals surface area contributed by atoms with Gasteiger partial charge in [-0.15, -0.1) is 0 Å². The van der Waals surface area contributed by atoms with E-state index in [0.29, 0.717) is 13.0 Å². The molecule has 1 heterocycles. The van der Waals surface area contributed by atoms with Gasteiger partial charge in [0.2, 0.25) is 0 Å². The first kappa shape index (κ1) is 24.6. The molecule has 174 valence electrons. The number of rotatable bonds is 7. The van der Waals surface area contributed by atoms with Crippen LogP contribution in [0.25, 0.3) is 0 Å². The van der Waals surface area contributed by atoms with E-state index in [9.17, 15) is 8.42 Å². The number of hydrogen-bond donors (Lipinski definition) is 0. The molecule has 3 rings (SSSR count). The molecule has 1 saturated heterocycles. The van der Waals surface area contributed by atoms with Gasteiger partial charge in [0, 0.05) is 6.61 Å². The Labute approximate surface area is 188 Å². The molecule has 31 heavy (non-hydrogen) atoms. The van der Waals surface area contributed by atoms with Crippen molar-refractivity contribution in [2.24, 2.45) is 0 Å². The zero-order valence-corrected chi connectivity index (χ0v) is 21.7. The van der Waals surface area contributed by atoms with E-state index >= 15 is 0 Å². The van der Waals surface area contributed by atoms with Crippen LogP contribution in [0.5, 0.6) is 0 Å². The van der Waals surface area contributed by atoms with Crippen molar-refractivity contribution in [2.45, 2.75) is 95.1 Å². The summed E-state index contributed by atoms with van der Waals surface area (Å²) in [5.41, 5.74) is 1.96. The van der Waals surface area contributed by atoms with Crippen molar-refractivity contribution >= 4 is 18.4 Å². The minimum atomic E-state index is -3.93. The van der Waals surface area contributed by atoms with Crippen molar-refractivity contribution in [3.05, 3.63) is 41.5 Å². The van der Waals surface area contributed by atoms with Gasteiger partial charge < -0.3 is 13.9 Å². The van der Waals surface area contributed by atoms with E-state index in [1.807, 2.05) is 26.8 Å². The molecule has 0 amide bonds. The van der Waals surface area contributed by atoms with Gasteiger partial charge in [0.15, 0.2) is 14.1 Å². The van der Waals surface area contributed by atoms with Crippen LogP contribution in [-0.4, -0.2) is 47.4 Å². The summed E-state index contributed by atoms with van der Waals surface area (Å²) in [6.07, 6.45) is 0.915. The van der Waals surface area contributed by atoms with Gasteiger partial charge in [-0.2, -0.15) is 8.42 Å². The van der Waals surface area contributed by atoms with E-state index < -0.39 is 36.4 Å². The van der Waals surface area contributed by atoms with E-state index in [0.717, 1.165) is 11.1 Å². The average molecular weight is 469 g/mol. The fraction of sp³-hybridized carbons (Fsp3) is 0.652. The maximum absolute atomic E-state index is 12.8. The maximum Gasteiger partial charge on any atom is 0.297 e. The molecule has 1 aromatic carbocycles. The minimum absolute atomic E-state index is 0.127. The summed E-state index contributed by atoms with van der Waals surface area (Å²) in [7, 11) is -5.80. The van der Waals surface area contributed by atoms with Crippen molar-refractivity contribution < 1.29 is 26.5 Å². The fourth-order valence-electron chi connectivity index (χ4n) is 3.57. The van der Waals surface area contributed by atoms with E-state index in [4.69, 9.17) is 18.1 Å². The quantitative estimate of drug-likeness (QED) is 0.321. The summed E-state index contributed by atoms with van der Waals surface area (Å²) in [5, 5.41) is 0.127. The Kier molecular flexibility index (Phi) is 6.66. The first-order chi connectivity index (χ1) is 14.1. The molecule has 0 unspecified atom stereocenters. The SMILES string of the molecule is Cc1ccc(S(=O)(=O)O[C@H]2C=C(CCO[Si](C)(C)C(C)(C)C)[C@H]3OC(C)(C)O[C@@H]23)cc1. The first-order valence-electron chi connectivity index (χ1n) is 10.8. The van der Waals surface area contributed by atoms with Crippen LogP contribution in [0.4, 0.5) is 0 Å². The third kappa shape index (κ3) is 5.49. The molecule has 1 aromatic rings. The highest BCUT2D eigenvalue weighted by Gasteiger charge is 2.51. The van der Waals surface area contributed by atoms with Gasteiger partial charge >= 0.3 is 0 Å². The molecule has 0 bridgehead atoms. The van der Waals surface area contributed by atoms with Crippen molar-refractivity contribution in [1.29, 1.82) is 0 Å². The summed E-state index contributed by atoms with van der Waals surface area (Å²) in [5.74, 6) is -0.801. The topological polar surface area (TPSA) is 71.1 Å². The van der Waals surface area contributed by atoms with E-state index in [1.54, 1.807) is 24.3 Å². The third-order valence-electron chi connectivity index (χ3n) is 6.40. The third-order valence-corrected chi connectivity index (χ3v) is 12.3. The van der Waals surface area contributed by atoms with Gasteiger partial charge in [0.1, 0.15) is 18.3 Å². The summed E-state index contributed by atoms with van der Waals surface area (Å²) >= 11 is 0. The lowest BCUT2D eigenvalue weighted by atomic mass is 10.1. The predicted octanol–water partition coefficient (Wildman–Crippen LogP) is 4.94. The zero-order chi connectivity index (χ0) is 23.2. The molecule has 0 radical (unpaired) electrons. The summed E-state index contributed by atoms with van der Waals surface area (Å²) < 4.78 is 49.7. The van der Waals surface area contributed by atoms with E-state index in [1.165, 1.54) is 0 Å². The molecule has 0 N–H and O–H groups in total. The molecule has 8 heteroatoms. The van der Waals surface area contributed by atoms with E-state index in [-0.39, 0.29) is 16.0 Å². The van der Waals surface area contributed by atoms with Gasteiger partial charge in [-0.3, -0.25) is 4.18 Å². The van der Waals surface area contributed by atoms with Gasteiger partial charge in [-0.1, -0.05) is 38.5 Å². The molecule has 2 aliphatic rings. The van der Waals surface area contributed by atoms with Crippen molar-refractivity contribution in [2.75, 3.05) is 6.61 Å². The lowest BCUT2D eigenvalue weighted by Gasteiger charge is -2.36. The molecular formula is C23H36O6SSi. The number of hydrogen-bond acceptors (Lipinski definition) is 6. The van der Waals surface area contributed by atoms with Gasteiger partial charge in [0.25, 0.3) is 10.1 Å². The van der Waals surface area contributed by atoms with Crippen LogP contribution < -0.4 is 0 Å². The summed E-state index contributed by atoms with van der Waals surface area (Å²) in [6, 6.07) is 6.63. The lowest BCUT2D eigenvalue weighted by Crippen LogP contribution is -2.41. The second kappa shape index (κ2) is 8.39. The Morgan fingerprint density at radius 3 is 2.29 bits per heavy atom. The van der Waals surface area contributed by atoms with Crippen LogP contribution in [-0.2, 0) is 28.2 Å². The molecule has 0 aromatic heterocycles. The summed E-state index contributed by atoms with van der Waals surface area (Å²) in [6.45, 7) is 17.2. The number of aryl methyl sites for hydroxylation is 1. The molecule has 0 spiro atoms. The molecule has 1 fully saturated rings. The highest BCUT2D eigenvalue weighted by atomic mass is 32.2. The minimum Gasteiger partial charge on any atom is -0.417 e. The molecule has 1 aliphatic carbocycles. The molecule has 6 nitrogen and oxygen atoms in total. The summed E-state index contributed by atoms with van der Waals surface area (Å²) in [4.78, 5) is 0.135. The van der Waals surface area contributed by atoms with Crippen molar-refractivity contribution in [3.63, 3.8) is 0 Å². The van der Waals surface area contributed by atoms with Crippen LogP contribution in [0.2, 0.25) is 18.1 Å². The molecular weight excluding hydrogens is 432 g/mol. The highest BCUT2D eigenvalue weighted by Crippen LogP contribution is 2.42. The second-order valence-electron chi connectivity index (χ2n) is 10.4. The smallest absolute Gasteiger partial charge is 0.297 e. The zero-order valence-electron chi connectivity index (χ0n) is 19.9. The van der Waals surface area contributed by atoms with E-state index in [2.05, 4.69) is 33.9 Å². The average Bonchev–Trinajstić information content (AvgIpc) is 3.08. The van der Waals surface area contributed by atoms with Crippen LogP contribution >= 0.6 is 0 Å². The lowest BCUT2D eigenvalue weighted by molar-refractivity contribution is -0.151. The molecule has 3 atom stereocenters. The normalized spacial score (nSPS) is 26.1. The van der Waals surface area contributed by atoms with Crippen LogP contribution in [0.1, 0.15) is 46.6 Å². The van der Waals surface area contributed by atoms with Crippen LogP contribution in [0.3, 0.4) is 0 Å². The largest absolute Gasteiger partial charge is 0.417 e. The standard InChI is InChI=1S/C23H36O6SSi/c1-16-9-11-18(12-10-16)30(24,25)29-19-15-17(20-21(19)28-23(5,6)27-20)13-14-26-31(7,8)22(2,3)4/h9-12,15,19-21H,13-14H2,1-8H3/t19-,20+,21-/m0/s1. The predicted molar refractivity (Wildman–Crippen MR) is 123 cm³/mol. The number of benzene rings is 1. The Morgan fingerprint density at radius 1 is 1.10 bits per heavy atom. The van der Waals surface area contributed by atoms with Crippen LogP contribution in [0, 0.1) is 6.92 Å². The van der Waals surface area contributed by atoms with Gasteiger partial charge in [-0.25, -0.2) is 0 Å². The Bertz CT molecular complexity index is 928. The molecule has 1 aliphatic heterocycles. The second-order valence-corrected chi connectivity index (χ2v) is 16.8. The number of ether oxygens (including phenoxy) is 2. The maximum atomic E-state index is 12.8. The Hall–Kier alpha value is -1.03. The van der Waals surface area contributed by atoms with Gasteiger partial charge in [-0.05, 0) is 69.1 Å². The Balaban J connectivity index is 1.75. The van der Waals surface area contributed by atoms with Crippen molar-refractivity contribution in [1.82, 2.24) is 0 Å². The highest BCUT2D eigenvalue weighted by molar-refractivity contribution is 7.86. The van der Waals surface area contributed by atoms with Crippen molar-refractivity contribution in [3.8, 4) is 0 Å². The molecule has 0 saturated carbocycles. The Morgan fingerprint density at radius 2 is 1.71 bits per heavy atom. The first-order valence-corrected chi connectivity index (χ1v) is 15.1. The van der Waals surface area contributed by atoms with Crippen LogP contribution in [0.15, 0.2) is 40.8 Å². The van der Waals surface area contributed by atoms with Gasteiger partial charge in [0.05, 0.1) is 4.90 Å². The monoisotopic (exact) mass is 468 g/mol.